The highest BCUT2D eigenvalue weighted by Gasteiger charge is 2.18. The summed E-state index contributed by atoms with van der Waals surface area (Å²) in [5.41, 5.74) is 1.25. The van der Waals surface area contributed by atoms with Gasteiger partial charge in [-0.15, -0.1) is 0 Å². The predicted octanol–water partition coefficient (Wildman–Crippen LogP) is 4.79. The summed E-state index contributed by atoms with van der Waals surface area (Å²) in [6.07, 6.45) is 0. The lowest BCUT2D eigenvalue weighted by atomic mass is 10.1. The van der Waals surface area contributed by atoms with E-state index in [1.165, 1.54) is 42.5 Å². The molecule has 0 saturated carbocycles. The molecular formula is C24H22FN5O3S. The number of anilines is 2. The van der Waals surface area contributed by atoms with Gasteiger partial charge in [0.25, 0.3) is 15.9 Å². The topological polar surface area (TPSA) is 117 Å². The number of aromatic nitrogens is 3. The van der Waals surface area contributed by atoms with Gasteiger partial charge in [0.05, 0.1) is 16.3 Å². The van der Waals surface area contributed by atoms with Crippen LogP contribution in [-0.2, 0) is 10.0 Å². The quantitative estimate of drug-likeness (QED) is 0.352. The molecule has 4 rings (SSSR count). The summed E-state index contributed by atoms with van der Waals surface area (Å²) in [4.78, 5) is 17.2. The van der Waals surface area contributed by atoms with Crippen LogP contribution in [0, 0.1) is 5.82 Å². The molecule has 10 heteroatoms. The van der Waals surface area contributed by atoms with Crippen LogP contribution in [0.15, 0.2) is 77.7 Å². The summed E-state index contributed by atoms with van der Waals surface area (Å²) in [5.74, 6) is 0.244. The molecule has 0 atom stereocenters. The molecular weight excluding hydrogens is 457 g/mol. The van der Waals surface area contributed by atoms with E-state index in [0.717, 1.165) is 11.9 Å². The summed E-state index contributed by atoms with van der Waals surface area (Å²) in [7, 11) is -4.03. The number of carbonyl (C=O) groups excluding carboxylic acids is 1. The van der Waals surface area contributed by atoms with Gasteiger partial charge in [0.1, 0.15) is 11.6 Å². The number of carbonyl (C=O) groups is 1. The Morgan fingerprint density at radius 2 is 1.59 bits per heavy atom. The van der Waals surface area contributed by atoms with Crippen molar-refractivity contribution in [3.05, 3.63) is 90.0 Å². The van der Waals surface area contributed by atoms with Crippen molar-refractivity contribution in [2.45, 2.75) is 24.7 Å². The van der Waals surface area contributed by atoms with E-state index in [0.29, 0.717) is 17.1 Å². The van der Waals surface area contributed by atoms with E-state index in [9.17, 15) is 17.6 Å². The van der Waals surface area contributed by atoms with Crippen LogP contribution in [0.25, 0.3) is 11.4 Å². The lowest BCUT2D eigenvalue weighted by Crippen LogP contribution is -2.15. The maximum atomic E-state index is 13.8. The normalized spacial score (nSPS) is 11.4. The van der Waals surface area contributed by atoms with E-state index in [1.54, 1.807) is 18.2 Å². The minimum atomic E-state index is -4.03. The maximum Gasteiger partial charge on any atom is 0.261 e. The van der Waals surface area contributed by atoms with Crippen LogP contribution in [0.2, 0.25) is 0 Å². The van der Waals surface area contributed by atoms with Crippen molar-refractivity contribution in [2.75, 3.05) is 10.0 Å². The van der Waals surface area contributed by atoms with E-state index in [-0.39, 0.29) is 22.1 Å². The lowest BCUT2D eigenvalue weighted by molar-refractivity contribution is 0.102. The van der Waals surface area contributed by atoms with Gasteiger partial charge < -0.3 is 5.32 Å². The van der Waals surface area contributed by atoms with E-state index in [1.807, 2.05) is 19.9 Å². The highest BCUT2D eigenvalue weighted by molar-refractivity contribution is 7.92. The minimum absolute atomic E-state index is 0.102. The van der Waals surface area contributed by atoms with Crippen LogP contribution < -0.4 is 10.0 Å². The Bertz CT molecular complexity index is 1430. The SMILES string of the molecule is CC(C)c1nc(-c2ccccc2NC(=O)c2ccc(S(=O)(=O)Nc3ccccc3F)cc2)n[nH]1. The maximum absolute atomic E-state index is 13.8. The molecule has 1 amide bonds. The van der Waals surface area contributed by atoms with Gasteiger partial charge in [-0.3, -0.25) is 14.6 Å². The zero-order valence-corrected chi connectivity index (χ0v) is 19.2. The highest BCUT2D eigenvalue weighted by Crippen LogP contribution is 2.27. The van der Waals surface area contributed by atoms with Gasteiger partial charge in [-0.25, -0.2) is 17.8 Å². The zero-order chi connectivity index (χ0) is 24.3. The molecule has 8 nitrogen and oxygen atoms in total. The van der Waals surface area contributed by atoms with Gasteiger partial charge in [-0.05, 0) is 48.5 Å². The number of H-pyrrole nitrogens is 1. The molecule has 0 spiro atoms. The van der Waals surface area contributed by atoms with Crippen LogP contribution in [0.3, 0.4) is 0 Å². The smallest absolute Gasteiger partial charge is 0.261 e. The van der Waals surface area contributed by atoms with E-state index < -0.39 is 21.7 Å². The van der Waals surface area contributed by atoms with Crippen molar-refractivity contribution in [1.29, 1.82) is 0 Å². The largest absolute Gasteiger partial charge is 0.321 e. The fourth-order valence-corrected chi connectivity index (χ4v) is 4.23. The molecule has 0 saturated heterocycles. The van der Waals surface area contributed by atoms with E-state index in [4.69, 9.17) is 0 Å². The number of halogens is 1. The molecule has 0 fully saturated rings. The third-order valence-corrected chi connectivity index (χ3v) is 6.39. The standard InChI is InChI=1S/C24H22FN5O3S/c1-15(2)22-27-23(29-28-22)18-7-3-5-9-20(18)26-24(31)16-11-13-17(14-12-16)34(32,33)30-21-10-6-4-8-19(21)25/h3-15,30H,1-2H3,(H,26,31)(H,27,28,29). The van der Waals surface area contributed by atoms with Crippen LogP contribution >= 0.6 is 0 Å². The molecule has 3 N–H and O–H groups in total. The Morgan fingerprint density at radius 1 is 0.941 bits per heavy atom. The summed E-state index contributed by atoms with van der Waals surface area (Å²) in [5, 5.41) is 9.96. The van der Waals surface area contributed by atoms with Crippen LogP contribution in [0.5, 0.6) is 0 Å². The van der Waals surface area contributed by atoms with Gasteiger partial charge in [0, 0.05) is 17.0 Å². The Balaban J connectivity index is 1.52. The number of para-hydroxylation sites is 2. The predicted molar refractivity (Wildman–Crippen MR) is 128 cm³/mol. The molecule has 34 heavy (non-hydrogen) atoms. The molecule has 0 radical (unpaired) electrons. The van der Waals surface area contributed by atoms with E-state index >= 15 is 0 Å². The third-order valence-electron chi connectivity index (χ3n) is 5.01. The number of hydrogen-bond donors (Lipinski definition) is 3. The van der Waals surface area contributed by atoms with Gasteiger partial charge >= 0.3 is 0 Å². The highest BCUT2D eigenvalue weighted by atomic mass is 32.2. The number of benzene rings is 3. The molecule has 0 unspecified atom stereocenters. The van der Waals surface area contributed by atoms with Gasteiger partial charge in [-0.1, -0.05) is 38.1 Å². The average molecular weight is 480 g/mol. The number of nitrogens with one attached hydrogen (secondary N) is 3. The van der Waals surface area contributed by atoms with Gasteiger partial charge in [-0.2, -0.15) is 5.10 Å². The minimum Gasteiger partial charge on any atom is -0.321 e. The molecule has 3 aromatic carbocycles. The fraction of sp³-hybridized carbons (Fsp3) is 0.125. The molecule has 0 aliphatic heterocycles. The number of amides is 1. The second-order valence-electron chi connectivity index (χ2n) is 7.81. The fourth-order valence-electron chi connectivity index (χ4n) is 3.17. The van der Waals surface area contributed by atoms with Crippen LogP contribution in [0.1, 0.15) is 35.9 Å². The second kappa shape index (κ2) is 9.44. The summed E-state index contributed by atoms with van der Waals surface area (Å²) < 4.78 is 41.2. The third kappa shape index (κ3) is 4.96. The zero-order valence-electron chi connectivity index (χ0n) is 18.4. The summed E-state index contributed by atoms with van der Waals surface area (Å²) >= 11 is 0. The first kappa shape index (κ1) is 23.1. The molecule has 0 aliphatic rings. The molecule has 4 aromatic rings. The Morgan fingerprint density at radius 3 is 2.24 bits per heavy atom. The van der Waals surface area contributed by atoms with Crippen LogP contribution in [-0.4, -0.2) is 29.5 Å². The molecule has 1 aromatic heterocycles. The van der Waals surface area contributed by atoms with E-state index in [2.05, 4.69) is 25.2 Å². The first-order valence-corrected chi connectivity index (χ1v) is 11.9. The molecule has 174 valence electrons. The number of nitrogens with zero attached hydrogens (tertiary/aromatic N) is 2. The van der Waals surface area contributed by atoms with Crippen molar-refractivity contribution >= 4 is 27.3 Å². The Hall–Kier alpha value is -4.05. The average Bonchev–Trinajstić information content (AvgIpc) is 3.31. The number of aromatic amines is 1. The van der Waals surface area contributed by atoms with Crippen molar-refractivity contribution < 1.29 is 17.6 Å². The van der Waals surface area contributed by atoms with Gasteiger partial charge in [0.15, 0.2) is 5.82 Å². The number of rotatable bonds is 7. The summed E-state index contributed by atoms with van der Waals surface area (Å²) in [6.45, 7) is 3.99. The first-order valence-electron chi connectivity index (χ1n) is 10.4. The molecule has 0 bridgehead atoms. The second-order valence-corrected chi connectivity index (χ2v) is 9.49. The Kier molecular flexibility index (Phi) is 6.42. The van der Waals surface area contributed by atoms with Crippen molar-refractivity contribution in [1.82, 2.24) is 15.2 Å². The van der Waals surface area contributed by atoms with Crippen molar-refractivity contribution in [2.24, 2.45) is 0 Å². The van der Waals surface area contributed by atoms with Crippen LogP contribution in [0.4, 0.5) is 15.8 Å². The monoisotopic (exact) mass is 479 g/mol. The number of sulfonamides is 1. The Labute approximate surface area is 196 Å². The molecule has 1 heterocycles. The summed E-state index contributed by atoms with van der Waals surface area (Å²) in [6, 6.07) is 17.9. The number of hydrogen-bond acceptors (Lipinski definition) is 5. The van der Waals surface area contributed by atoms with Gasteiger partial charge in [0.2, 0.25) is 0 Å². The van der Waals surface area contributed by atoms with Crippen molar-refractivity contribution in [3.8, 4) is 11.4 Å². The molecule has 0 aliphatic carbocycles. The lowest BCUT2D eigenvalue weighted by Gasteiger charge is -2.11. The first-order chi connectivity index (χ1) is 16.2. The van der Waals surface area contributed by atoms with Crippen molar-refractivity contribution in [3.63, 3.8) is 0 Å².